The second-order valence-electron chi connectivity index (χ2n) is 4.52. The van der Waals surface area contributed by atoms with E-state index in [9.17, 15) is 28.8 Å². The summed E-state index contributed by atoms with van der Waals surface area (Å²) in [6.07, 6.45) is 0. The third-order valence-corrected chi connectivity index (χ3v) is 1.93. The van der Waals surface area contributed by atoms with Gasteiger partial charge in [0.05, 0.1) is 0 Å². The van der Waals surface area contributed by atoms with Crippen LogP contribution in [-0.2, 0) is 56.7 Å². The van der Waals surface area contributed by atoms with Crippen LogP contribution in [0.4, 0.5) is 0 Å². The Morgan fingerprint density at radius 1 is 0.407 bits per heavy atom. The molecule has 0 heterocycles. The molecule has 0 radical (unpaired) electrons. The third kappa shape index (κ3) is 24.2. The van der Waals surface area contributed by atoms with E-state index in [2.05, 4.69) is 27.9 Å². The number of hydrogen-bond donors (Lipinski definition) is 0. The van der Waals surface area contributed by atoms with Gasteiger partial charge in [0.2, 0.25) is 0 Å². The van der Waals surface area contributed by atoms with E-state index < -0.39 is 50.5 Å². The smallest absolute Gasteiger partial charge is 0.625 e. The molecule has 27 heavy (non-hydrogen) atoms. The predicted octanol–water partition coefficient (Wildman–Crippen LogP) is -1.59. The summed E-state index contributed by atoms with van der Waals surface area (Å²) < 4.78 is 26.6. The molecule has 0 saturated carbocycles. The fourth-order valence-electron chi connectivity index (χ4n) is 1.17. The standard InChI is InChI=1S/2C6H10BO6.Ca/c2*1-4(8)11-7(12-5(2)9)13-6(3)10;/h2*7H,1-3H3;/q2*-1;+2. The third-order valence-electron chi connectivity index (χ3n) is 1.93. The summed E-state index contributed by atoms with van der Waals surface area (Å²) in [7, 11) is -4.82. The average Bonchev–Trinajstić information content (AvgIpc) is 2.33. The van der Waals surface area contributed by atoms with Crippen LogP contribution in [0.1, 0.15) is 41.5 Å². The van der Waals surface area contributed by atoms with Gasteiger partial charge in [0, 0.05) is 41.5 Å². The molecule has 0 fully saturated rings. The maximum absolute atomic E-state index is 10.4. The molecule has 148 valence electrons. The van der Waals surface area contributed by atoms with Crippen molar-refractivity contribution >= 4 is 88.2 Å². The van der Waals surface area contributed by atoms with Gasteiger partial charge in [-0.05, 0) is 0 Å². The molecule has 0 aliphatic heterocycles. The molecule has 12 nitrogen and oxygen atoms in total. The van der Waals surface area contributed by atoms with E-state index in [0.717, 1.165) is 41.5 Å². The Kier molecular flexibility index (Phi) is 18.2. The fourth-order valence-corrected chi connectivity index (χ4v) is 1.17. The van der Waals surface area contributed by atoms with Crippen molar-refractivity contribution in [2.24, 2.45) is 0 Å². The van der Waals surface area contributed by atoms with Crippen molar-refractivity contribution in [3.8, 4) is 0 Å². The zero-order valence-corrected chi connectivity index (χ0v) is 18.2. The number of hydrogen-bond acceptors (Lipinski definition) is 12. The van der Waals surface area contributed by atoms with Crippen molar-refractivity contribution in [2.45, 2.75) is 41.5 Å². The second kappa shape index (κ2) is 16.4. The minimum Gasteiger partial charge on any atom is -0.625 e. The molecule has 0 amide bonds. The Morgan fingerprint density at radius 2 is 0.519 bits per heavy atom. The topological polar surface area (TPSA) is 158 Å². The van der Waals surface area contributed by atoms with Gasteiger partial charge in [0.15, 0.2) is 0 Å². The Morgan fingerprint density at radius 3 is 0.593 bits per heavy atom. The van der Waals surface area contributed by atoms with E-state index in [1.165, 1.54) is 0 Å². The van der Waals surface area contributed by atoms with Crippen LogP contribution in [0.3, 0.4) is 0 Å². The largest absolute Gasteiger partial charge is 2.00 e. The minimum atomic E-state index is -2.41. The van der Waals surface area contributed by atoms with Gasteiger partial charge >= 0.3 is 52.4 Å². The predicted molar refractivity (Wildman–Crippen MR) is 90.6 cm³/mol. The van der Waals surface area contributed by atoms with Gasteiger partial charge in [-0.1, -0.05) is 0 Å². The van der Waals surface area contributed by atoms with E-state index in [1.807, 2.05) is 0 Å². The van der Waals surface area contributed by atoms with Crippen LogP contribution in [0.25, 0.3) is 0 Å². The Hall–Kier alpha value is -1.79. The molecule has 0 unspecified atom stereocenters. The summed E-state index contributed by atoms with van der Waals surface area (Å²) in [5, 5.41) is 0. The molecule has 0 spiro atoms. The van der Waals surface area contributed by atoms with E-state index in [0.29, 0.717) is 0 Å². The van der Waals surface area contributed by atoms with Crippen molar-refractivity contribution < 1.29 is 56.7 Å². The summed E-state index contributed by atoms with van der Waals surface area (Å²) in [5.41, 5.74) is 0. The quantitative estimate of drug-likeness (QED) is 0.456. The summed E-state index contributed by atoms with van der Waals surface area (Å²) in [5.74, 6) is -4.07. The van der Waals surface area contributed by atoms with Gasteiger partial charge < -0.3 is 27.9 Å². The SMILES string of the molecule is CC(=O)O[BH-](OC(C)=O)OC(C)=O.CC(=O)O[BH-](OC(C)=O)OC(C)=O.[Ca+2]. The van der Waals surface area contributed by atoms with Crippen molar-refractivity contribution in [3.63, 3.8) is 0 Å². The number of carbonyl (C=O) groups is 6. The number of rotatable bonds is 6. The Bertz CT molecular complexity index is 428. The maximum Gasteiger partial charge on any atom is 2.00 e. The molecule has 0 aromatic carbocycles. The monoisotopic (exact) mass is 418 g/mol. The molecule has 15 heteroatoms. The first-order valence-electron chi connectivity index (χ1n) is 7.18. The zero-order chi connectivity index (χ0) is 20.9. The summed E-state index contributed by atoms with van der Waals surface area (Å²) in [6.45, 7) is 6.71. The molecule has 0 aromatic rings. The average molecular weight is 418 g/mol. The molecule has 0 aliphatic rings. The van der Waals surface area contributed by atoms with Gasteiger partial charge in [-0.3, -0.25) is 28.8 Å². The maximum atomic E-state index is 10.4. The van der Waals surface area contributed by atoms with Gasteiger partial charge in [-0.2, -0.15) is 0 Å². The van der Waals surface area contributed by atoms with Crippen molar-refractivity contribution in [1.29, 1.82) is 0 Å². The van der Waals surface area contributed by atoms with Gasteiger partial charge in [0.25, 0.3) is 35.8 Å². The van der Waals surface area contributed by atoms with Crippen LogP contribution < -0.4 is 0 Å². The van der Waals surface area contributed by atoms with Crippen LogP contribution in [-0.4, -0.2) is 88.2 Å². The molecule has 0 N–H and O–H groups in total. The Labute approximate surface area is 185 Å². The van der Waals surface area contributed by atoms with Gasteiger partial charge in [-0.15, -0.1) is 0 Å². The van der Waals surface area contributed by atoms with Crippen LogP contribution in [0.15, 0.2) is 0 Å². The van der Waals surface area contributed by atoms with Crippen molar-refractivity contribution in [2.75, 3.05) is 0 Å². The molecule has 0 aliphatic carbocycles. The normalized spacial score (nSPS) is 8.89. The van der Waals surface area contributed by atoms with Gasteiger partial charge in [-0.25, -0.2) is 0 Å². The first-order valence-corrected chi connectivity index (χ1v) is 7.18. The summed E-state index contributed by atoms with van der Waals surface area (Å²) in [6, 6.07) is 0. The molecule has 0 saturated heterocycles. The number of carbonyl (C=O) groups excluding carboxylic acids is 6. The second-order valence-corrected chi connectivity index (χ2v) is 4.52. The van der Waals surface area contributed by atoms with Crippen molar-refractivity contribution in [3.05, 3.63) is 0 Å². The summed E-state index contributed by atoms with van der Waals surface area (Å²) in [4.78, 5) is 62.6. The van der Waals surface area contributed by atoms with Crippen LogP contribution in [0.2, 0.25) is 0 Å². The summed E-state index contributed by atoms with van der Waals surface area (Å²) >= 11 is 0. The molecule has 0 aromatic heterocycles. The molecule has 0 rings (SSSR count). The molecular formula is C12H20B2CaO12. The first kappa shape index (κ1) is 30.0. The molecule has 0 atom stereocenters. The van der Waals surface area contributed by atoms with Crippen LogP contribution in [0, 0.1) is 0 Å². The van der Waals surface area contributed by atoms with E-state index in [-0.39, 0.29) is 37.7 Å². The fraction of sp³-hybridized carbons (Fsp3) is 0.500. The molecule has 0 bridgehead atoms. The van der Waals surface area contributed by atoms with Crippen LogP contribution >= 0.6 is 0 Å². The van der Waals surface area contributed by atoms with E-state index >= 15 is 0 Å². The van der Waals surface area contributed by atoms with Crippen molar-refractivity contribution in [1.82, 2.24) is 0 Å². The zero-order valence-electron chi connectivity index (χ0n) is 16.0. The Balaban J connectivity index is -0.000000411. The van der Waals surface area contributed by atoms with Crippen LogP contribution in [0.5, 0.6) is 0 Å². The minimum absolute atomic E-state index is 0. The van der Waals surface area contributed by atoms with E-state index in [4.69, 9.17) is 0 Å². The van der Waals surface area contributed by atoms with E-state index in [1.54, 1.807) is 0 Å². The molecular weight excluding hydrogens is 398 g/mol. The van der Waals surface area contributed by atoms with Gasteiger partial charge in [0.1, 0.15) is 0 Å². The first-order chi connectivity index (χ1) is 11.8.